The van der Waals surface area contributed by atoms with E-state index in [2.05, 4.69) is 30.7 Å². The summed E-state index contributed by atoms with van der Waals surface area (Å²) in [6, 6.07) is 0. The van der Waals surface area contributed by atoms with Gasteiger partial charge in [-0.3, -0.25) is 0 Å². The van der Waals surface area contributed by atoms with Gasteiger partial charge in [-0.15, -0.1) is 0 Å². The summed E-state index contributed by atoms with van der Waals surface area (Å²) in [5.41, 5.74) is 0. The van der Waals surface area contributed by atoms with Crippen LogP contribution in [0, 0.1) is 17.8 Å². The summed E-state index contributed by atoms with van der Waals surface area (Å²) in [5.74, 6) is 3.00. The van der Waals surface area contributed by atoms with E-state index < -0.39 is 0 Å². The summed E-state index contributed by atoms with van der Waals surface area (Å²) >= 11 is 0. The van der Waals surface area contributed by atoms with E-state index in [1.165, 1.54) is 58.2 Å². The molecule has 3 rings (SSSR count). The van der Waals surface area contributed by atoms with Gasteiger partial charge in [-0.05, 0) is 76.5 Å². The molecule has 0 spiro atoms. The Kier molecular flexibility index (Phi) is 8.35. The molecule has 0 unspecified atom stereocenters. The Bertz CT molecular complexity index is 291. The fourth-order valence-electron chi connectivity index (χ4n) is 3.98. The lowest BCUT2D eigenvalue weighted by molar-refractivity contribution is 0.0943. The molecule has 0 atom stereocenters. The molecule has 1 N–H and O–H groups in total. The summed E-state index contributed by atoms with van der Waals surface area (Å²) < 4.78 is 0. The van der Waals surface area contributed by atoms with E-state index in [9.17, 15) is 0 Å². The molecule has 2 heterocycles. The van der Waals surface area contributed by atoms with Crippen molar-refractivity contribution in [2.24, 2.45) is 17.8 Å². The van der Waals surface area contributed by atoms with Crippen molar-refractivity contribution in [2.75, 3.05) is 39.8 Å². The number of piperidine rings is 2. The fraction of sp³-hybridized carbons (Fsp3) is 1.00. The van der Waals surface area contributed by atoms with E-state index in [0.29, 0.717) is 0 Å². The van der Waals surface area contributed by atoms with E-state index >= 15 is 0 Å². The largest absolute Gasteiger partial charge is 0.393 e. The van der Waals surface area contributed by atoms with Crippen molar-refractivity contribution in [3.05, 3.63) is 0 Å². The molecular formula is C20H40N2O. The van der Waals surface area contributed by atoms with Crippen molar-refractivity contribution < 1.29 is 5.11 Å². The summed E-state index contributed by atoms with van der Waals surface area (Å²) in [6.45, 7) is 11.0. The molecule has 3 heteroatoms. The van der Waals surface area contributed by atoms with Crippen LogP contribution in [-0.4, -0.2) is 60.8 Å². The predicted octanol–water partition coefficient (Wildman–Crippen LogP) is 3.62. The van der Waals surface area contributed by atoms with Crippen LogP contribution in [0.25, 0.3) is 0 Å². The molecule has 2 saturated heterocycles. The lowest BCUT2D eigenvalue weighted by Crippen LogP contribution is -2.36. The highest BCUT2D eigenvalue weighted by molar-refractivity contribution is 4.76. The van der Waals surface area contributed by atoms with Crippen LogP contribution < -0.4 is 0 Å². The summed E-state index contributed by atoms with van der Waals surface area (Å²) in [5, 5.41) is 9.00. The average molecular weight is 325 g/mol. The molecule has 1 saturated carbocycles. The van der Waals surface area contributed by atoms with Gasteiger partial charge in [0.05, 0.1) is 6.10 Å². The van der Waals surface area contributed by atoms with Gasteiger partial charge in [0.15, 0.2) is 0 Å². The highest BCUT2D eigenvalue weighted by Gasteiger charge is 2.23. The molecule has 136 valence electrons. The van der Waals surface area contributed by atoms with Gasteiger partial charge in [-0.1, -0.05) is 33.1 Å². The molecule has 0 aromatic rings. The van der Waals surface area contributed by atoms with Gasteiger partial charge >= 0.3 is 0 Å². The first-order valence-electron chi connectivity index (χ1n) is 10.1. The van der Waals surface area contributed by atoms with Crippen LogP contribution in [0.15, 0.2) is 0 Å². The minimum absolute atomic E-state index is 0.0220. The first kappa shape index (κ1) is 19.2. The number of aliphatic hydroxyl groups is 1. The van der Waals surface area contributed by atoms with Crippen LogP contribution in [0.2, 0.25) is 0 Å². The molecule has 0 amide bonds. The standard InChI is InChI=1S/C14H27N.C6H13NO/c1-12(2)14-7-10-15(11-8-14)9-6-13-4-3-5-13;1-7-4-2-6(8)3-5-7/h12-14H,3-11H2,1-2H3;6,8H,2-5H2,1H3. The fourth-order valence-corrected chi connectivity index (χ4v) is 3.98. The van der Waals surface area contributed by atoms with Crippen molar-refractivity contribution in [3.63, 3.8) is 0 Å². The topological polar surface area (TPSA) is 26.7 Å². The quantitative estimate of drug-likeness (QED) is 0.855. The SMILES string of the molecule is CC(C)C1CCN(CCC2CCC2)CC1.CN1CCC(O)CC1. The van der Waals surface area contributed by atoms with Gasteiger partial charge in [0.2, 0.25) is 0 Å². The minimum atomic E-state index is -0.0220. The maximum absolute atomic E-state index is 9.00. The lowest BCUT2D eigenvalue weighted by Gasteiger charge is -2.35. The first-order chi connectivity index (χ1) is 11.0. The molecule has 0 aromatic heterocycles. The monoisotopic (exact) mass is 324 g/mol. The lowest BCUT2D eigenvalue weighted by atomic mass is 9.82. The van der Waals surface area contributed by atoms with Crippen molar-refractivity contribution in [1.82, 2.24) is 9.80 Å². The maximum atomic E-state index is 9.00. The van der Waals surface area contributed by atoms with Crippen LogP contribution in [0.1, 0.15) is 65.2 Å². The Labute approximate surface area is 144 Å². The highest BCUT2D eigenvalue weighted by Crippen LogP contribution is 2.30. The number of likely N-dealkylation sites (tertiary alicyclic amines) is 2. The Morgan fingerprint density at radius 1 is 0.913 bits per heavy atom. The van der Waals surface area contributed by atoms with Crippen LogP contribution in [0.5, 0.6) is 0 Å². The zero-order chi connectivity index (χ0) is 16.7. The molecule has 0 bridgehead atoms. The number of nitrogens with zero attached hydrogens (tertiary/aromatic N) is 2. The second kappa shape index (κ2) is 10.0. The zero-order valence-electron chi connectivity index (χ0n) is 15.8. The Morgan fingerprint density at radius 2 is 1.52 bits per heavy atom. The van der Waals surface area contributed by atoms with E-state index in [1.54, 1.807) is 0 Å². The van der Waals surface area contributed by atoms with Crippen molar-refractivity contribution in [3.8, 4) is 0 Å². The van der Waals surface area contributed by atoms with Crippen molar-refractivity contribution >= 4 is 0 Å². The third-order valence-corrected chi connectivity index (χ3v) is 6.34. The Balaban J connectivity index is 0.000000203. The first-order valence-corrected chi connectivity index (χ1v) is 10.1. The molecule has 1 aliphatic carbocycles. The second-order valence-corrected chi connectivity index (χ2v) is 8.54. The molecule has 0 radical (unpaired) electrons. The van der Waals surface area contributed by atoms with Crippen molar-refractivity contribution in [1.29, 1.82) is 0 Å². The zero-order valence-corrected chi connectivity index (χ0v) is 15.8. The number of aliphatic hydroxyl groups excluding tert-OH is 1. The Morgan fingerprint density at radius 3 is 1.96 bits per heavy atom. The number of hydrogen-bond donors (Lipinski definition) is 1. The molecular weight excluding hydrogens is 284 g/mol. The Hall–Kier alpha value is -0.120. The normalized spacial score (nSPS) is 26.0. The summed E-state index contributed by atoms with van der Waals surface area (Å²) in [4.78, 5) is 4.95. The van der Waals surface area contributed by atoms with Gasteiger partial charge in [0.25, 0.3) is 0 Å². The molecule has 0 aromatic carbocycles. The van der Waals surface area contributed by atoms with E-state index in [1.807, 2.05) is 0 Å². The van der Waals surface area contributed by atoms with Crippen LogP contribution in [0.4, 0.5) is 0 Å². The summed E-state index contributed by atoms with van der Waals surface area (Å²) in [7, 11) is 2.09. The van der Waals surface area contributed by atoms with Crippen molar-refractivity contribution in [2.45, 2.75) is 71.3 Å². The number of rotatable bonds is 4. The molecule has 3 aliphatic rings. The smallest absolute Gasteiger partial charge is 0.0564 e. The molecule has 3 fully saturated rings. The summed E-state index contributed by atoms with van der Waals surface area (Å²) in [6.07, 6.45) is 10.8. The van der Waals surface area contributed by atoms with Crippen LogP contribution in [0.3, 0.4) is 0 Å². The number of hydrogen-bond acceptors (Lipinski definition) is 3. The van der Waals surface area contributed by atoms with Gasteiger partial charge in [0.1, 0.15) is 0 Å². The second-order valence-electron chi connectivity index (χ2n) is 8.54. The van der Waals surface area contributed by atoms with Gasteiger partial charge in [-0.2, -0.15) is 0 Å². The van der Waals surface area contributed by atoms with Crippen LogP contribution >= 0.6 is 0 Å². The van der Waals surface area contributed by atoms with E-state index in [0.717, 1.165) is 43.7 Å². The van der Waals surface area contributed by atoms with E-state index in [-0.39, 0.29) is 6.10 Å². The third kappa shape index (κ3) is 7.11. The molecule has 23 heavy (non-hydrogen) atoms. The van der Waals surface area contributed by atoms with Gasteiger partial charge in [0, 0.05) is 13.1 Å². The van der Waals surface area contributed by atoms with Crippen LogP contribution in [-0.2, 0) is 0 Å². The molecule has 2 aliphatic heterocycles. The highest BCUT2D eigenvalue weighted by atomic mass is 16.3. The average Bonchev–Trinajstić information content (AvgIpc) is 2.50. The predicted molar refractivity (Wildman–Crippen MR) is 98.7 cm³/mol. The third-order valence-electron chi connectivity index (χ3n) is 6.34. The molecule has 3 nitrogen and oxygen atoms in total. The minimum Gasteiger partial charge on any atom is -0.393 e. The van der Waals surface area contributed by atoms with Gasteiger partial charge in [-0.25, -0.2) is 0 Å². The van der Waals surface area contributed by atoms with Gasteiger partial charge < -0.3 is 14.9 Å². The maximum Gasteiger partial charge on any atom is 0.0564 e. The van der Waals surface area contributed by atoms with E-state index in [4.69, 9.17) is 5.11 Å².